The van der Waals surface area contributed by atoms with Gasteiger partial charge in [0, 0.05) is 6.61 Å². The second kappa shape index (κ2) is 11.2. The van der Waals surface area contributed by atoms with E-state index in [1.807, 2.05) is 0 Å². The van der Waals surface area contributed by atoms with Crippen molar-refractivity contribution in [3.63, 3.8) is 0 Å². The summed E-state index contributed by atoms with van der Waals surface area (Å²) in [6, 6.07) is 3.32. The number of fused-ring (bicyclic) bond motifs is 1. The Kier molecular flexibility index (Phi) is 9.18. The molecule has 2 saturated heterocycles. The molecule has 2 heterocycles. The lowest BCUT2D eigenvalue weighted by Crippen LogP contribution is -2.49. The van der Waals surface area contributed by atoms with Crippen molar-refractivity contribution in [3.8, 4) is 0 Å². The number of hydrogen-bond donors (Lipinski definition) is 0. The van der Waals surface area contributed by atoms with Crippen LogP contribution in [0.1, 0.15) is 58.3 Å². The molecule has 1 saturated carbocycles. The highest BCUT2D eigenvalue weighted by molar-refractivity contribution is 6.81. The molecule has 1 aliphatic carbocycles. The molecule has 0 aromatic heterocycles. The molecular formula is C21H42O6Si3. The second-order valence-electron chi connectivity index (χ2n) is 9.79. The summed E-state index contributed by atoms with van der Waals surface area (Å²) in [5.41, 5.74) is 0. The van der Waals surface area contributed by atoms with Gasteiger partial charge in [-0.05, 0) is 69.9 Å². The van der Waals surface area contributed by atoms with E-state index in [4.69, 9.17) is 22.1 Å². The summed E-state index contributed by atoms with van der Waals surface area (Å²) in [5.74, 6) is -0.0262. The molecule has 6 atom stereocenters. The van der Waals surface area contributed by atoms with E-state index in [-0.39, 0.29) is 11.9 Å². The van der Waals surface area contributed by atoms with Gasteiger partial charge in [0.2, 0.25) is 0 Å². The molecule has 30 heavy (non-hydrogen) atoms. The van der Waals surface area contributed by atoms with Gasteiger partial charge in [-0.1, -0.05) is 26.2 Å². The van der Waals surface area contributed by atoms with Crippen LogP contribution in [0.4, 0.5) is 0 Å². The summed E-state index contributed by atoms with van der Waals surface area (Å²) < 4.78 is 30.6. The molecule has 3 aliphatic rings. The summed E-state index contributed by atoms with van der Waals surface area (Å²) >= 11 is 0. The van der Waals surface area contributed by atoms with Crippen LogP contribution in [0.2, 0.25) is 37.8 Å². The maximum absolute atomic E-state index is 12.3. The molecule has 6 unspecified atom stereocenters. The molecule has 174 valence electrons. The minimum Gasteiger partial charge on any atom is -0.465 e. The zero-order valence-electron chi connectivity index (χ0n) is 19.5. The number of hydrogen-bond acceptors (Lipinski definition) is 6. The molecule has 3 fully saturated rings. The fraction of sp³-hybridized carbons (Fsp3) is 0.952. The van der Waals surface area contributed by atoms with Gasteiger partial charge in [0.05, 0.1) is 24.7 Å². The fourth-order valence-corrected chi connectivity index (χ4v) is 17.1. The summed E-state index contributed by atoms with van der Waals surface area (Å²) in [5, 5.41) is 0. The van der Waals surface area contributed by atoms with E-state index in [0.717, 1.165) is 44.8 Å². The molecular weight excluding hydrogens is 432 g/mol. The number of ether oxygens (including phenoxy) is 2. The van der Waals surface area contributed by atoms with Crippen LogP contribution in [0, 0.1) is 5.92 Å². The molecule has 0 radical (unpaired) electrons. The van der Waals surface area contributed by atoms with Crippen LogP contribution in [0.3, 0.4) is 0 Å². The zero-order valence-corrected chi connectivity index (χ0v) is 22.6. The van der Waals surface area contributed by atoms with Gasteiger partial charge in [0.15, 0.2) is 8.32 Å². The van der Waals surface area contributed by atoms with Crippen LogP contribution in [-0.4, -0.2) is 57.6 Å². The zero-order chi connectivity index (χ0) is 21.6. The standard InChI is InChI=1S/C21H42O6Si3/c1-5-6-14-29(3)15-8-7-13-24-30(4,27-28(2)26-29)16-9-12-23-21(22)18-10-11-19-20(17-18)25-19/h18-20,28H,5-17H2,1-4H3. The van der Waals surface area contributed by atoms with Crippen molar-refractivity contribution in [3.05, 3.63) is 0 Å². The van der Waals surface area contributed by atoms with Crippen LogP contribution >= 0.6 is 0 Å². The van der Waals surface area contributed by atoms with Gasteiger partial charge >= 0.3 is 14.5 Å². The molecule has 2 aliphatic heterocycles. The molecule has 3 rings (SSSR count). The van der Waals surface area contributed by atoms with E-state index in [2.05, 4.69) is 26.6 Å². The van der Waals surface area contributed by atoms with Crippen molar-refractivity contribution < 1.29 is 26.9 Å². The van der Waals surface area contributed by atoms with E-state index >= 15 is 0 Å². The maximum Gasteiger partial charge on any atom is 0.326 e. The highest BCUT2D eigenvalue weighted by atomic mass is 28.5. The van der Waals surface area contributed by atoms with Crippen molar-refractivity contribution in [2.45, 2.75) is 108 Å². The third-order valence-electron chi connectivity index (χ3n) is 6.79. The molecule has 9 heteroatoms. The van der Waals surface area contributed by atoms with Gasteiger partial charge < -0.3 is 22.1 Å². The molecule has 0 N–H and O–H groups in total. The maximum atomic E-state index is 12.3. The molecule has 0 aromatic carbocycles. The van der Waals surface area contributed by atoms with Crippen molar-refractivity contribution in [2.75, 3.05) is 13.2 Å². The topological polar surface area (TPSA) is 66.5 Å². The van der Waals surface area contributed by atoms with Crippen molar-refractivity contribution in [2.24, 2.45) is 5.92 Å². The van der Waals surface area contributed by atoms with E-state index in [9.17, 15) is 4.79 Å². The monoisotopic (exact) mass is 474 g/mol. The first-order valence-electron chi connectivity index (χ1n) is 12.1. The normalized spacial score (nSPS) is 39.7. The third-order valence-corrected chi connectivity index (χ3v) is 18.6. The fourth-order valence-electron chi connectivity index (χ4n) is 4.93. The van der Waals surface area contributed by atoms with E-state index in [0.29, 0.717) is 18.8 Å². The Labute approximate surface area is 186 Å². The second-order valence-corrected chi connectivity index (χ2v) is 19.8. The molecule has 0 bridgehead atoms. The van der Waals surface area contributed by atoms with Gasteiger partial charge in [0.25, 0.3) is 9.28 Å². The van der Waals surface area contributed by atoms with Crippen LogP contribution in [-0.2, 0) is 26.9 Å². The first-order valence-corrected chi connectivity index (χ1v) is 19.6. The van der Waals surface area contributed by atoms with Gasteiger partial charge in [-0.15, -0.1) is 0 Å². The summed E-state index contributed by atoms with van der Waals surface area (Å²) in [7, 11) is -5.70. The first kappa shape index (κ1) is 24.6. The summed E-state index contributed by atoms with van der Waals surface area (Å²) in [6.07, 6.45) is 9.04. The SMILES string of the molecule is CCCC[Si]1(C)CCCCO[Si](C)(CCCOC(=O)C2CCC3OC3C2)O[SiH](C)O1. The highest BCUT2D eigenvalue weighted by Crippen LogP contribution is 2.39. The quantitative estimate of drug-likeness (QED) is 0.221. The third kappa shape index (κ3) is 7.53. The van der Waals surface area contributed by atoms with E-state index in [1.165, 1.54) is 31.4 Å². The predicted octanol–water partition coefficient (Wildman–Crippen LogP) is 4.63. The molecule has 0 spiro atoms. The first-order chi connectivity index (χ1) is 14.3. The number of rotatable bonds is 8. The van der Waals surface area contributed by atoms with E-state index < -0.39 is 26.2 Å². The summed E-state index contributed by atoms with van der Waals surface area (Å²) in [6.45, 7) is 10.2. The number of esters is 1. The van der Waals surface area contributed by atoms with Gasteiger partial charge in [0.1, 0.15) is 0 Å². The minimum absolute atomic E-state index is 0.0225. The number of epoxide rings is 1. The minimum atomic E-state index is -2.30. The Balaban J connectivity index is 1.43. The number of carbonyl (C=O) groups excluding carboxylic acids is 1. The largest absolute Gasteiger partial charge is 0.465 e. The Bertz CT molecular complexity index is 567. The van der Waals surface area contributed by atoms with Crippen LogP contribution in [0.15, 0.2) is 0 Å². The Morgan fingerprint density at radius 3 is 2.70 bits per heavy atom. The van der Waals surface area contributed by atoms with Crippen molar-refractivity contribution in [1.29, 1.82) is 0 Å². The lowest BCUT2D eigenvalue weighted by molar-refractivity contribution is -0.149. The molecule has 6 nitrogen and oxygen atoms in total. The van der Waals surface area contributed by atoms with Crippen molar-refractivity contribution >= 4 is 32.1 Å². The van der Waals surface area contributed by atoms with E-state index in [1.54, 1.807) is 0 Å². The van der Waals surface area contributed by atoms with Gasteiger partial charge in [-0.2, -0.15) is 0 Å². The van der Waals surface area contributed by atoms with Crippen LogP contribution in [0.5, 0.6) is 0 Å². The lowest BCUT2D eigenvalue weighted by Gasteiger charge is -2.37. The van der Waals surface area contributed by atoms with Crippen LogP contribution < -0.4 is 0 Å². The average molecular weight is 475 g/mol. The van der Waals surface area contributed by atoms with Gasteiger partial charge in [-0.25, -0.2) is 0 Å². The molecule has 0 amide bonds. The highest BCUT2D eigenvalue weighted by Gasteiger charge is 2.46. The smallest absolute Gasteiger partial charge is 0.326 e. The summed E-state index contributed by atoms with van der Waals surface area (Å²) in [4.78, 5) is 12.3. The average Bonchev–Trinajstić information content (AvgIpc) is 3.47. The van der Waals surface area contributed by atoms with Crippen LogP contribution in [0.25, 0.3) is 0 Å². The predicted molar refractivity (Wildman–Crippen MR) is 125 cm³/mol. The molecule has 0 aromatic rings. The number of carbonyl (C=O) groups is 1. The Hall–Kier alpha value is -0.0394. The Morgan fingerprint density at radius 2 is 1.93 bits per heavy atom. The number of unbranched alkanes of at least 4 members (excludes halogenated alkanes) is 1. The van der Waals surface area contributed by atoms with Gasteiger partial charge in [-0.3, -0.25) is 4.79 Å². The Morgan fingerprint density at radius 1 is 1.10 bits per heavy atom. The lowest BCUT2D eigenvalue weighted by atomic mass is 9.89. The van der Waals surface area contributed by atoms with Crippen molar-refractivity contribution in [1.82, 2.24) is 0 Å².